The van der Waals surface area contributed by atoms with Crippen molar-refractivity contribution in [2.45, 2.75) is 26.7 Å². The fourth-order valence-corrected chi connectivity index (χ4v) is 1.05. The molecule has 0 unspecified atom stereocenters. The monoisotopic (exact) mass is 204 g/mol. The summed E-state index contributed by atoms with van der Waals surface area (Å²) in [6.07, 6.45) is 2.32. The Morgan fingerprint density at radius 3 is 2.62 bits per heavy atom. The van der Waals surface area contributed by atoms with Crippen molar-refractivity contribution >= 4 is 17.3 Å². The molecule has 4 heteroatoms. The smallest absolute Gasteiger partial charge is 0.166 e. The van der Waals surface area contributed by atoms with Crippen LogP contribution in [-0.2, 0) is 4.74 Å². The Morgan fingerprint density at radius 2 is 2.00 bits per heavy atom. The van der Waals surface area contributed by atoms with Crippen molar-refractivity contribution in [2.75, 3.05) is 26.3 Å². The molecule has 0 amide bonds. The van der Waals surface area contributed by atoms with Crippen LogP contribution in [0.2, 0.25) is 0 Å². The lowest BCUT2D eigenvalue weighted by atomic mass is 10.4. The van der Waals surface area contributed by atoms with E-state index in [-0.39, 0.29) is 0 Å². The van der Waals surface area contributed by atoms with E-state index >= 15 is 0 Å². The van der Waals surface area contributed by atoms with Crippen molar-refractivity contribution in [3.05, 3.63) is 0 Å². The molecule has 0 spiro atoms. The molecule has 0 aromatic heterocycles. The molecule has 0 aliphatic rings. The van der Waals surface area contributed by atoms with E-state index in [0.717, 1.165) is 32.7 Å². The lowest BCUT2D eigenvalue weighted by Crippen LogP contribution is -2.36. The van der Waals surface area contributed by atoms with Crippen LogP contribution in [0.5, 0.6) is 0 Å². The molecule has 0 atom stereocenters. The molecular formula is C9H20N2OS. The van der Waals surface area contributed by atoms with E-state index in [2.05, 4.69) is 17.6 Å². The molecular weight excluding hydrogens is 184 g/mol. The molecule has 0 heterocycles. The summed E-state index contributed by atoms with van der Waals surface area (Å²) in [7, 11) is 0. The van der Waals surface area contributed by atoms with Gasteiger partial charge in [0.2, 0.25) is 0 Å². The lowest BCUT2D eigenvalue weighted by molar-refractivity contribution is 0.136. The van der Waals surface area contributed by atoms with Crippen LogP contribution >= 0.6 is 12.2 Å². The highest BCUT2D eigenvalue weighted by molar-refractivity contribution is 7.80. The van der Waals surface area contributed by atoms with Crippen LogP contribution in [0.25, 0.3) is 0 Å². The highest BCUT2D eigenvalue weighted by Gasteiger charge is 1.91. The number of hydrogen-bond acceptors (Lipinski definition) is 2. The van der Waals surface area contributed by atoms with Crippen molar-refractivity contribution in [3.63, 3.8) is 0 Å². The summed E-state index contributed by atoms with van der Waals surface area (Å²) in [6.45, 7) is 7.41. The number of ether oxygens (including phenoxy) is 1. The van der Waals surface area contributed by atoms with Crippen LogP contribution in [-0.4, -0.2) is 31.4 Å². The number of thiocarbonyl (C=S) groups is 1. The third kappa shape index (κ3) is 9.56. The van der Waals surface area contributed by atoms with E-state index in [4.69, 9.17) is 17.0 Å². The van der Waals surface area contributed by atoms with E-state index in [1.54, 1.807) is 0 Å². The summed E-state index contributed by atoms with van der Waals surface area (Å²) in [6, 6.07) is 0. The van der Waals surface area contributed by atoms with Gasteiger partial charge in [-0.3, -0.25) is 0 Å². The maximum Gasteiger partial charge on any atom is 0.166 e. The van der Waals surface area contributed by atoms with Crippen molar-refractivity contribution in [1.29, 1.82) is 0 Å². The summed E-state index contributed by atoms with van der Waals surface area (Å²) in [4.78, 5) is 0. The maximum absolute atomic E-state index is 5.35. The van der Waals surface area contributed by atoms with Gasteiger partial charge in [0, 0.05) is 19.7 Å². The average Bonchev–Trinajstić information content (AvgIpc) is 2.11. The Balaban J connectivity index is 3.02. The molecule has 0 rings (SSSR count). The van der Waals surface area contributed by atoms with Gasteiger partial charge >= 0.3 is 0 Å². The van der Waals surface area contributed by atoms with E-state index < -0.39 is 0 Å². The van der Waals surface area contributed by atoms with Crippen molar-refractivity contribution in [3.8, 4) is 0 Å². The molecule has 2 N–H and O–H groups in total. The molecule has 13 heavy (non-hydrogen) atoms. The first-order valence-corrected chi connectivity index (χ1v) is 5.31. The summed E-state index contributed by atoms with van der Waals surface area (Å²) in [5.41, 5.74) is 0. The quantitative estimate of drug-likeness (QED) is 0.483. The van der Waals surface area contributed by atoms with Crippen LogP contribution < -0.4 is 10.6 Å². The number of hydrogen-bond donors (Lipinski definition) is 2. The minimum Gasteiger partial charge on any atom is -0.380 e. The minimum atomic E-state index is 0.710. The Labute approximate surface area is 86.2 Å². The Bertz CT molecular complexity index is 131. The SMILES string of the molecule is CCCCOCCNC(=S)NCC. The van der Waals surface area contributed by atoms with Gasteiger partial charge in [0.25, 0.3) is 0 Å². The van der Waals surface area contributed by atoms with E-state index in [0.29, 0.717) is 5.11 Å². The topological polar surface area (TPSA) is 33.3 Å². The third-order valence-electron chi connectivity index (χ3n) is 1.51. The van der Waals surface area contributed by atoms with Gasteiger partial charge in [-0.25, -0.2) is 0 Å². The standard InChI is InChI=1S/C9H20N2OS/c1-3-5-7-12-8-6-11-9(13)10-4-2/h3-8H2,1-2H3,(H2,10,11,13). The molecule has 0 aromatic rings. The normalized spacial score (nSPS) is 9.69. The van der Waals surface area contributed by atoms with Crippen LogP contribution in [0, 0.1) is 0 Å². The van der Waals surface area contributed by atoms with Crippen LogP contribution in [0.3, 0.4) is 0 Å². The summed E-state index contributed by atoms with van der Waals surface area (Å²) < 4.78 is 5.35. The highest BCUT2D eigenvalue weighted by Crippen LogP contribution is 1.86. The molecule has 0 fully saturated rings. The van der Waals surface area contributed by atoms with Gasteiger partial charge in [-0.05, 0) is 25.6 Å². The Kier molecular flexibility index (Phi) is 9.47. The van der Waals surface area contributed by atoms with E-state index in [9.17, 15) is 0 Å². The Hall–Kier alpha value is -0.350. The maximum atomic E-state index is 5.35. The zero-order valence-corrected chi connectivity index (χ0v) is 9.38. The third-order valence-corrected chi connectivity index (χ3v) is 1.80. The summed E-state index contributed by atoms with van der Waals surface area (Å²) in [5, 5.41) is 6.78. The van der Waals surface area contributed by atoms with Gasteiger partial charge < -0.3 is 15.4 Å². The molecule has 0 saturated heterocycles. The number of unbranched alkanes of at least 4 members (excludes halogenated alkanes) is 1. The summed E-state index contributed by atoms with van der Waals surface area (Å²) >= 11 is 4.98. The summed E-state index contributed by atoms with van der Waals surface area (Å²) in [5.74, 6) is 0. The van der Waals surface area contributed by atoms with Crippen molar-refractivity contribution in [1.82, 2.24) is 10.6 Å². The van der Waals surface area contributed by atoms with E-state index in [1.807, 2.05) is 6.92 Å². The predicted octanol–water partition coefficient (Wildman–Crippen LogP) is 1.29. The van der Waals surface area contributed by atoms with Crippen LogP contribution in [0.4, 0.5) is 0 Å². The predicted molar refractivity (Wildman–Crippen MR) is 60.0 cm³/mol. The Morgan fingerprint density at radius 1 is 1.23 bits per heavy atom. The molecule has 78 valence electrons. The van der Waals surface area contributed by atoms with Gasteiger partial charge in [-0.2, -0.15) is 0 Å². The molecule has 3 nitrogen and oxygen atoms in total. The molecule has 0 saturated carbocycles. The largest absolute Gasteiger partial charge is 0.380 e. The molecule has 0 aliphatic carbocycles. The van der Waals surface area contributed by atoms with Crippen molar-refractivity contribution in [2.24, 2.45) is 0 Å². The zero-order chi connectivity index (χ0) is 9.94. The van der Waals surface area contributed by atoms with Crippen LogP contribution in [0.1, 0.15) is 26.7 Å². The van der Waals surface area contributed by atoms with Crippen molar-refractivity contribution < 1.29 is 4.74 Å². The second-order valence-electron chi connectivity index (χ2n) is 2.75. The van der Waals surface area contributed by atoms with Gasteiger partial charge in [0.15, 0.2) is 5.11 Å². The number of nitrogens with one attached hydrogen (secondary N) is 2. The van der Waals surface area contributed by atoms with Gasteiger partial charge in [0.05, 0.1) is 6.61 Å². The van der Waals surface area contributed by atoms with Crippen LogP contribution in [0.15, 0.2) is 0 Å². The second-order valence-corrected chi connectivity index (χ2v) is 3.16. The fraction of sp³-hybridized carbons (Fsp3) is 0.889. The fourth-order valence-electron chi connectivity index (χ4n) is 0.808. The first kappa shape index (κ1) is 12.7. The minimum absolute atomic E-state index is 0.710. The van der Waals surface area contributed by atoms with Gasteiger partial charge in [-0.15, -0.1) is 0 Å². The first-order chi connectivity index (χ1) is 6.31. The van der Waals surface area contributed by atoms with Gasteiger partial charge in [-0.1, -0.05) is 13.3 Å². The van der Waals surface area contributed by atoms with Gasteiger partial charge in [0.1, 0.15) is 0 Å². The highest BCUT2D eigenvalue weighted by atomic mass is 32.1. The zero-order valence-electron chi connectivity index (χ0n) is 8.56. The molecule has 0 aliphatic heterocycles. The molecule has 0 radical (unpaired) electrons. The number of rotatable bonds is 7. The molecule has 0 bridgehead atoms. The second kappa shape index (κ2) is 9.74. The average molecular weight is 204 g/mol. The lowest BCUT2D eigenvalue weighted by Gasteiger charge is -2.08. The first-order valence-electron chi connectivity index (χ1n) is 4.90. The molecule has 0 aromatic carbocycles. The van der Waals surface area contributed by atoms with E-state index in [1.165, 1.54) is 6.42 Å².